The number of aromatic nitrogens is 1. The van der Waals surface area contributed by atoms with Crippen LogP contribution in [0.3, 0.4) is 0 Å². The Bertz CT molecular complexity index is 2430. The number of para-hydroxylation sites is 2. The van der Waals surface area contributed by atoms with Crippen molar-refractivity contribution in [1.82, 2.24) is 4.57 Å². The minimum Gasteiger partial charge on any atom is -0.330 e. The average Bonchev–Trinajstić information content (AvgIpc) is 3.16. The summed E-state index contributed by atoms with van der Waals surface area (Å²) in [6.07, 6.45) is 11.5. The zero-order valence-corrected chi connectivity index (χ0v) is 25.8. The Morgan fingerprint density at radius 1 is 0.644 bits per heavy atom. The van der Waals surface area contributed by atoms with Crippen LogP contribution in [0.2, 0.25) is 0 Å². The van der Waals surface area contributed by atoms with Crippen molar-refractivity contribution >= 4 is 60.4 Å². The van der Waals surface area contributed by atoms with Gasteiger partial charge in [0.05, 0.1) is 22.8 Å². The van der Waals surface area contributed by atoms with Gasteiger partial charge in [-0.05, 0) is 70.1 Å². The number of hydrogen-bond acceptors (Lipinski definition) is 1. The number of hydrogen-bond donors (Lipinski definition) is 0. The quantitative estimate of drug-likeness (QED) is 0.189. The summed E-state index contributed by atoms with van der Waals surface area (Å²) in [6.45, 7) is 6.94. The Hall–Kier alpha value is -5.34. The molecule has 0 saturated heterocycles. The summed E-state index contributed by atoms with van der Waals surface area (Å²) in [5.74, 6) is 0. The van der Waals surface area contributed by atoms with Gasteiger partial charge in [0.25, 0.3) is 0 Å². The van der Waals surface area contributed by atoms with Gasteiger partial charge in [-0.2, -0.15) is 0 Å². The van der Waals surface area contributed by atoms with Crippen LogP contribution in [0.25, 0.3) is 43.4 Å². The molecule has 1 aliphatic carbocycles. The van der Waals surface area contributed by atoms with E-state index in [-0.39, 0.29) is 11.5 Å². The fourth-order valence-electron chi connectivity index (χ4n) is 7.85. The predicted molar refractivity (Wildman–Crippen MR) is 192 cm³/mol. The Balaban J connectivity index is 1.37. The van der Waals surface area contributed by atoms with Crippen molar-refractivity contribution in [3.8, 4) is 0 Å². The van der Waals surface area contributed by atoms with E-state index in [1.165, 1.54) is 71.4 Å². The molecule has 2 bridgehead atoms. The molecule has 2 aliphatic rings. The van der Waals surface area contributed by atoms with E-state index in [9.17, 15) is 0 Å². The number of rotatable bonds is 3. The molecule has 0 N–H and O–H groups in total. The van der Waals surface area contributed by atoms with E-state index in [0.29, 0.717) is 0 Å². The number of benzene rings is 6. The number of anilines is 3. The van der Waals surface area contributed by atoms with E-state index in [1.54, 1.807) is 0 Å². The molecule has 2 heteroatoms. The fraction of sp³-hybridized carbons (Fsp3) is 0.116. The van der Waals surface area contributed by atoms with E-state index >= 15 is 0 Å². The number of nitrogens with zero attached hydrogens (tertiary/aromatic N) is 2. The molecular weight excluding hydrogens is 544 g/mol. The topological polar surface area (TPSA) is 8.17 Å². The highest BCUT2D eigenvalue weighted by Crippen LogP contribution is 2.48. The molecule has 9 rings (SSSR count). The highest BCUT2D eigenvalue weighted by atomic mass is 15.1. The fourth-order valence-corrected chi connectivity index (χ4v) is 7.85. The summed E-state index contributed by atoms with van der Waals surface area (Å²) in [6, 6.07) is 42.8. The van der Waals surface area contributed by atoms with Crippen molar-refractivity contribution in [3.63, 3.8) is 0 Å². The molecule has 0 radical (unpaired) electrons. The van der Waals surface area contributed by atoms with Crippen molar-refractivity contribution in [2.24, 2.45) is 0 Å². The maximum absolute atomic E-state index is 2.56. The Kier molecular flexibility index (Phi) is 5.55. The van der Waals surface area contributed by atoms with Crippen molar-refractivity contribution in [2.45, 2.75) is 32.2 Å². The van der Waals surface area contributed by atoms with Gasteiger partial charge in [-0.1, -0.05) is 129 Å². The molecule has 0 fully saturated rings. The van der Waals surface area contributed by atoms with Crippen molar-refractivity contribution in [2.75, 3.05) is 4.90 Å². The normalized spacial score (nSPS) is 16.7. The molecule has 0 spiro atoms. The lowest BCUT2D eigenvalue weighted by Gasteiger charge is -2.29. The molecule has 2 heterocycles. The minimum absolute atomic E-state index is 0.108. The molecule has 0 amide bonds. The molecule has 1 atom stereocenters. The summed E-state index contributed by atoms with van der Waals surface area (Å²) in [4.78, 5) is 2.47. The van der Waals surface area contributed by atoms with E-state index in [2.05, 4.69) is 176 Å². The molecule has 1 aliphatic heterocycles. The van der Waals surface area contributed by atoms with Gasteiger partial charge < -0.3 is 9.47 Å². The highest BCUT2D eigenvalue weighted by Gasteiger charge is 2.33. The SMILES string of the molecule is Cc1ccccc1N(c1ccc2c(c1)c1cccc3c1n2C1C=CC=CC(=C1)C3(C)C)c1cc2ccccc2c2ccccc12. The van der Waals surface area contributed by atoms with Gasteiger partial charge >= 0.3 is 0 Å². The molecule has 2 nitrogen and oxygen atoms in total. The second-order valence-electron chi connectivity index (χ2n) is 13.0. The zero-order chi connectivity index (χ0) is 30.3. The molecule has 6 aromatic carbocycles. The van der Waals surface area contributed by atoms with Crippen LogP contribution in [0.1, 0.15) is 31.0 Å². The Morgan fingerprint density at radius 2 is 1.40 bits per heavy atom. The summed E-state index contributed by atoms with van der Waals surface area (Å²) in [7, 11) is 0. The lowest BCUT2D eigenvalue weighted by molar-refractivity contribution is 0.645. The van der Waals surface area contributed by atoms with Crippen LogP contribution in [0.15, 0.2) is 151 Å². The first kappa shape index (κ1) is 26.1. The highest BCUT2D eigenvalue weighted by molar-refractivity contribution is 6.16. The minimum atomic E-state index is -0.108. The van der Waals surface area contributed by atoms with Crippen LogP contribution < -0.4 is 4.90 Å². The van der Waals surface area contributed by atoms with E-state index in [0.717, 1.165) is 5.69 Å². The van der Waals surface area contributed by atoms with Crippen LogP contribution in [-0.2, 0) is 5.41 Å². The van der Waals surface area contributed by atoms with Gasteiger partial charge in [-0.3, -0.25) is 0 Å². The molecule has 45 heavy (non-hydrogen) atoms. The van der Waals surface area contributed by atoms with Crippen molar-refractivity contribution < 1.29 is 0 Å². The molecular formula is C43H34N2. The smallest absolute Gasteiger partial charge is 0.0715 e. The van der Waals surface area contributed by atoms with Crippen molar-refractivity contribution in [3.05, 3.63) is 162 Å². The van der Waals surface area contributed by atoms with Gasteiger partial charge in [0.2, 0.25) is 0 Å². The van der Waals surface area contributed by atoms with Crippen LogP contribution in [-0.4, -0.2) is 4.57 Å². The van der Waals surface area contributed by atoms with Gasteiger partial charge in [0, 0.05) is 32.9 Å². The second kappa shape index (κ2) is 9.58. The first-order valence-electron chi connectivity index (χ1n) is 15.9. The third-order valence-electron chi connectivity index (χ3n) is 10.1. The number of fused-ring (bicyclic) bond motifs is 8. The second-order valence-corrected chi connectivity index (χ2v) is 13.0. The van der Waals surface area contributed by atoms with E-state index in [1.807, 2.05) is 0 Å². The number of allylic oxidation sites excluding steroid dienone is 6. The van der Waals surface area contributed by atoms with Crippen molar-refractivity contribution in [1.29, 1.82) is 0 Å². The lowest BCUT2D eigenvalue weighted by Crippen LogP contribution is -2.19. The van der Waals surface area contributed by atoms with Gasteiger partial charge in [-0.15, -0.1) is 0 Å². The third kappa shape index (κ3) is 3.75. The van der Waals surface area contributed by atoms with Gasteiger partial charge in [-0.25, -0.2) is 0 Å². The maximum atomic E-state index is 2.56. The standard InChI is InChI=1S/C43H34N2/c1-28-13-4-11-22-39(28)44(41-25-29-14-5-8-17-33(29)34-18-9-10-19-35(34)41)32-23-24-40-37(27-32)36-20-12-21-38-42(36)45(40)31-16-7-6-15-30(26-31)43(38,2)3/h4-27,31H,1-3H3. The summed E-state index contributed by atoms with van der Waals surface area (Å²) >= 11 is 0. The van der Waals surface area contributed by atoms with Crippen LogP contribution in [0.4, 0.5) is 17.1 Å². The Morgan fingerprint density at radius 3 is 2.27 bits per heavy atom. The zero-order valence-electron chi connectivity index (χ0n) is 25.8. The van der Waals surface area contributed by atoms with E-state index < -0.39 is 0 Å². The molecule has 0 saturated carbocycles. The third-order valence-corrected chi connectivity index (χ3v) is 10.1. The number of aryl methyl sites for hydroxylation is 1. The molecule has 216 valence electrons. The van der Waals surface area contributed by atoms with Crippen LogP contribution in [0, 0.1) is 6.92 Å². The van der Waals surface area contributed by atoms with Gasteiger partial charge in [0.1, 0.15) is 0 Å². The summed E-state index contributed by atoms with van der Waals surface area (Å²) < 4.78 is 2.56. The molecule has 1 aromatic heterocycles. The van der Waals surface area contributed by atoms with Gasteiger partial charge in [0.15, 0.2) is 0 Å². The van der Waals surface area contributed by atoms with E-state index in [4.69, 9.17) is 0 Å². The molecule has 1 unspecified atom stereocenters. The predicted octanol–water partition coefficient (Wildman–Crippen LogP) is 11.8. The first-order chi connectivity index (χ1) is 22.0. The monoisotopic (exact) mass is 578 g/mol. The largest absolute Gasteiger partial charge is 0.330 e. The molecule has 7 aromatic rings. The summed E-state index contributed by atoms with van der Waals surface area (Å²) in [5.41, 5.74) is 10.0. The maximum Gasteiger partial charge on any atom is 0.0715 e. The average molecular weight is 579 g/mol. The first-order valence-corrected chi connectivity index (χ1v) is 15.9. The summed E-state index contributed by atoms with van der Waals surface area (Å²) in [5, 5.41) is 7.63. The van der Waals surface area contributed by atoms with Crippen LogP contribution >= 0.6 is 0 Å². The van der Waals surface area contributed by atoms with Crippen LogP contribution in [0.5, 0.6) is 0 Å². The Labute approximate surface area is 263 Å². The lowest BCUT2D eigenvalue weighted by atomic mass is 9.76.